The molecule has 0 atom stereocenters. The van der Waals surface area contributed by atoms with E-state index in [1.54, 1.807) is 58.0 Å². The van der Waals surface area contributed by atoms with Crippen molar-refractivity contribution in [1.29, 1.82) is 0 Å². The molecule has 0 aliphatic carbocycles. The molecular weight excluding hydrogens is 707 g/mol. The fourth-order valence-electron chi connectivity index (χ4n) is 5.59. The van der Waals surface area contributed by atoms with Gasteiger partial charge in [0.25, 0.3) is 0 Å². The first-order valence-corrected chi connectivity index (χ1v) is 16.4. The number of rotatable bonds is 10. The second-order valence-corrected chi connectivity index (χ2v) is 11.9. The van der Waals surface area contributed by atoms with Gasteiger partial charge in [-0.05, 0) is 95.1 Å². The Morgan fingerprint density at radius 1 is 0.537 bits per heavy atom. The molecule has 4 aromatic heterocycles. The maximum Gasteiger partial charge on any atom is 0.234 e. The highest BCUT2D eigenvalue weighted by atomic mass is 19.1. The SMILES string of the molecule is FCc1cc(F)ccc1-c1cnc2nc(COc3ccc(F)cc3)cn2c1.OCc1cc(F)ccc1-c1cnc2nc(COc3ccc(F)cc3)cn2c1. The Morgan fingerprint density at radius 2 is 0.963 bits per heavy atom. The molecule has 0 radical (unpaired) electrons. The van der Waals surface area contributed by atoms with E-state index in [2.05, 4.69) is 19.9 Å². The first kappa shape index (κ1) is 35.7. The summed E-state index contributed by atoms with van der Waals surface area (Å²) in [5.41, 5.74) is 4.69. The largest absolute Gasteiger partial charge is 0.487 e. The number of aliphatic hydroxyl groups is 1. The summed E-state index contributed by atoms with van der Waals surface area (Å²) in [6.45, 7) is -0.642. The van der Waals surface area contributed by atoms with Crippen LogP contribution in [0.1, 0.15) is 22.5 Å². The molecule has 4 heterocycles. The molecule has 4 aromatic carbocycles. The molecule has 8 aromatic rings. The van der Waals surface area contributed by atoms with Crippen molar-refractivity contribution in [1.82, 2.24) is 28.7 Å². The van der Waals surface area contributed by atoms with Gasteiger partial charge in [-0.3, -0.25) is 8.80 Å². The highest BCUT2D eigenvalue weighted by molar-refractivity contribution is 5.67. The van der Waals surface area contributed by atoms with Gasteiger partial charge < -0.3 is 14.6 Å². The van der Waals surface area contributed by atoms with E-state index in [0.29, 0.717) is 56.7 Å². The third kappa shape index (κ3) is 8.34. The maximum atomic E-state index is 13.4. The maximum absolute atomic E-state index is 13.4. The van der Waals surface area contributed by atoms with Crippen LogP contribution in [0.25, 0.3) is 33.8 Å². The number of hydrogen-bond donors (Lipinski definition) is 1. The summed E-state index contributed by atoms with van der Waals surface area (Å²) in [7, 11) is 0. The standard InChI is InChI=1S/C20H14F3N3O.C20H15F2N3O2/c21-8-13-7-16(23)3-6-19(13)14-9-24-20-25-17(11-26(20)10-14)12-27-18-4-1-15(22)2-5-18;21-15-1-4-18(5-2-15)27-12-17-10-25-9-14(8-23-20(25)24-17)19-6-3-16(22)7-13(19)11-26/h1-7,9-11H,8,12H2;1-10,26H,11-12H2. The van der Waals surface area contributed by atoms with E-state index >= 15 is 0 Å². The molecule has 54 heavy (non-hydrogen) atoms. The quantitative estimate of drug-likeness (QED) is 0.141. The van der Waals surface area contributed by atoms with Gasteiger partial charge in [0.1, 0.15) is 54.7 Å². The van der Waals surface area contributed by atoms with Crippen LogP contribution in [-0.2, 0) is 26.5 Å². The summed E-state index contributed by atoms with van der Waals surface area (Å²) >= 11 is 0. The Kier molecular flexibility index (Phi) is 10.5. The smallest absolute Gasteiger partial charge is 0.234 e. The fourth-order valence-corrected chi connectivity index (χ4v) is 5.59. The molecule has 0 spiro atoms. The Bertz CT molecular complexity index is 2370. The number of hydrogen-bond acceptors (Lipinski definition) is 7. The monoisotopic (exact) mass is 736 g/mol. The van der Waals surface area contributed by atoms with Crippen molar-refractivity contribution in [3.05, 3.63) is 168 Å². The first-order chi connectivity index (χ1) is 26.2. The zero-order valence-corrected chi connectivity index (χ0v) is 28.2. The summed E-state index contributed by atoms with van der Waals surface area (Å²) in [6, 6.07) is 19.7. The van der Waals surface area contributed by atoms with Crippen LogP contribution in [0.3, 0.4) is 0 Å². The Balaban J connectivity index is 0.000000167. The van der Waals surface area contributed by atoms with Crippen molar-refractivity contribution < 1.29 is 36.5 Å². The number of halogens is 5. The highest BCUT2D eigenvalue weighted by Gasteiger charge is 2.12. The van der Waals surface area contributed by atoms with Crippen LogP contribution in [-0.4, -0.2) is 33.8 Å². The van der Waals surface area contributed by atoms with E-state index < -0.39 is 18.3 Å². The second-order valence-electron chi connectivity index (χ2n) is 11.9. The van der Waals surface area contributed by atoms with Crippen molar-refractivity contribution in [3.8, 4) is 33.8 Å². The van der Waals surface area contributed by atoms with Crippen LogP contribution >= 0.6 is 0 Å². The number of aliphatic hydroxyl groups excluding tert-OH is 1. The Labute approximate surface area is 304 Å². The molecule has 0 saturated carbocycles. The van der Waals surface area contributed by atoms with E-state index in [-0.39, 0.29) is 37.0 Å². The van der Waals surface area contributed by atoms with Crippen LogP contribution in [0.15, 0.2) is 122 Å². The van der Waals surface area contributed by atoms with Crippen LogP contribution < -0.4 is 9.47 Å². The molecule has 0 fully saturated rings. The number of alkyl halides is 1. The summed E-state index contributed by atoms with van der Waals surface area (Å²) in [6.07, 6.45) is 10.3. The minimum atomic E-state index is -0.772. The van der Waals surface area contributed by atoms with Crippen molar-refractivity contribution in [2.24, 2.45) is 0 Å². The predicted molar refractivity (Wildman–Crippen MR) is 189 cm³/mol. The molecular formula is C40H29F5N6O3. The number of benzene rings is 4. The molecule has 0 saturated heterocycles. The average molecular weight is 737 g/mol. The van der Waals surface area contributed by atoms with Gasteiger partial charge >= 0.3 is 0 Å². The lowest BCUT2D eigenvalue weighted by Crippen LogP contribution is -1.95. The average Bonchev–Trinajstić information content (AvgIpc) is 3.80. The van der Waals surface area contributed by atoms with Crippen LogP contribution in [0.4, 0.5) is 22.0 Å². The topological polar surface area (TPSA) is 99.1 Å². The first-order valence-electron chi connectivity index (χ1n) is 16.4. The van der Waals surface area contributed by atoms with E-state index in [9.17, 15) is 27.1 Å². The van der Waals surface area contributed by atoms with Gasteiger partial charge in [-0.1, -0.05) is 12.1 Å². The van der Waals surface area contributed by atoms with Crippen LogP contribution in [0.5, 0.6) is 11.5 Å². The van der Waals surface area contributed by atoms with Crippen molar-refractivity contribution in [3.63, 3.8) is 0 Å². The zero-order valence-electron chi connectivity index (χ0n) is 28.2. The molecule has 9 nitrogen and oxygen atoms in total. The van der Waals surface area contributed by atoms with Gasteiger partial charge in [0, 0.05) is 48.3 Å². The molecule has 0 aliphatic rings. The van der Waals surface area contributed by atoms with Crippen molar-refractivity contribution in [2.75, 3.05) is 0 Å². The van der Waals surface area contributed by atoms with E-state index in [1.807, 2.05) is 6.20 Å². The molecule has 272 valence electrons. The second kappa shape index (κ2) is 15.9. The number of fused-ring (bicyclic) bond motifs is 2. The number of nitrogens with zero attached hydrogens (tertiary/aromatic N) is 6. The van der Waals surface area contributed by atoms with Crippen LogP contribution in [0.2, 0.25) is 0 Å². The van der Waals surface area contributed by atoms with E-state index in [1.165, 1.54) is 66.7 Å². The molecule has 0 amide bonds. The fraction of sp³-hybridized carbons (Fsp3) is 0.100. The van der Waals surface area contributed by atoms with Crippen molar-refractivity contribution >= 4 is 11.6 Å². The predicted octanol–water partition coefficient (Wildman–Crippen LogP) is 8.47. The number of imidazole rings is 2. The molecule has 0 aliphatic heterocycles. The Hall–Kier alpha value is -6.67. The third-order valence-electron chi connectivity index (χ3n) is 8.19. The van der Waals surface area contributed by atoms with Gasteiger partial charge in [-0.15, -0.1) is 0 Å². The highest BCUT2D eigenvalue weighted by Crippen LogP contribution is 2.27. The minimum absolute atomic E-state index is 0.191. The molecule has 14 heteroatoms. The van der Waals surface area contributed by atoms with E-state index in [0.717, 1.165) is 5.56 Å². The summed E-state index contributed by atoms with van der Waals surface area (Å²) in [4.78, 5) is 17.3. The van der Waals surface area contributed by atoms with E-state index in [4.69, 9.17) is 9.47 Å². The summed E-state index contributed by atoms with van der Waals surface area (Å²) in [5.74, 6) is 0.476. The lowest BCUT2D eigenvalue weighted by Gasteiger charge is -2.07. The lowest BCUT2D eigenvalue weighted by molar-refractivity contribution is 0.282. The number of aromatic nitrogens is 6. The summed E-state index contributed by atoms with van der Waals surface area (Å²) < 4.78 is 80.4. The summed E-state index contributed by atoms with van der Waals surface area (Å²) in [5, 5.41) is 9.47. The third-order valence-corrected chi connectivity index (χ3v) is 8.19. The van der Waals surface area contributed by atoms with Crippen molar-refractivity contribution in [2.45, 2.75) is 26.5 Å². The molecule has 1 N–H and O–H groups in total. The van der Waals surface area contributed by atoms with Gasteiger partial charge in [-0.25, -0.2) is 41.9 Å². The van der Waals surface area contributed by atoms with Gasteiger partial charge in [0.05, 0.1) is 18.0 Å². The zero-order chi connectivity index (χ0) is 37.6. The van der Waals surface area contributed by atoms with Gasteiger partial charge in [0.2, 0.25) is 11.6 Å². The molecule has 8 rings (SSSR count). The molecule has 0 bridgehead atoms. The molecule has 0 unspecified atom stereocenters. The lowest BCUT2D eigenvalue weighted by atomic mass is 10.0. The normalized spacial score (nSPS) is 11.1. The van der Waals surface area contributed by atoms with Gasteiger partial charge in [0.15, 0.2) is 0 Å². The van der Waals surface area contributed by atoms with Crippen LogP contribution in [0, 0.1) is 23.3 Å². The Morgan fingerprint density at radius 3 is 1.41 bits per heavy atom. The number of ether oxygens (including phenoxy) is 2. The minimum Gasteiger partial charge on any atom is -0.487 e. The van der Waals surface area contributed by atoms with Gasteiger partial charge in [-0.2, -0.15) is 0 Å².